The monoisotopic (exact) mass is 226 g/mol. The van der Waals surface area contributed by atoms with Gasteiger partial charge in [0, 0.05) is 23.5 Å². The highest BCUT2D eigenvalue weighted by Gasteiger charge is 2.06. The minimum absolute atomic E-state index is 0.245. The Morgan fingerprint density at radius 3 is 2.94 bits per heavy atom. The molecule has 0 bridgehead atoms. The third-order valence-corrected chi connectivity index (χ3v) is 2.78. The van der Waals surface area contributed by atoms with Crippen LogP contribution in [0.2, 0.25) is 0 Å². The number of ketones is 1. The van der Waals surface area contributed by atoms with Crippen molar-refractivity contribution in [2.45, 2.75) is 26.3 Å². The summed E-state index contributed by atoms with van der Waals surface area (Å²) in [5.41, 5.74) is 1.66. The molecule has 0 fully saturated rings. The van der Waals surface area contributed by atoms with Crippen LogP contribution in [0.1, 0.15) is 25.3 Å². The van der Waals surface area contributed by atoms with Gasteiger partial charge in [-0.15, -0.1) is 0 Å². The molecule has 0 saturated carbocycles. The zero-order chi connectivity index (χ0) is 12.3. The predicted molar refractivity (Wildman–Crippen MR) is 66.6 cm³/mol. The van der Waals surface area contributed by atoms with Gasteiger partial charge < -0.3 is 4.57 Å². The topological polar surface area (TPSA) is 45.8 Å². The van der Waals surface area contributed by atoms with Crippen molar-refractivity contribution < 1.29 is 4.79 Å². The first-order chi connectivity index (χ1) is 8.24. The van der Waals surface area contributed by atoms with E-state index in [1.165, 1.54) is 0 Å². The molecule has 0 radical (unpaired) electrons. The van der Waals surface area contributed by atoms with E-state index in [2.05, 4.69) is 6.07 Å². The maximum atomic E-state index is 11.6. The predicted octanol–water partition coefficient (Wildman–Crippen LogP) is 2.88. The van der Waals surface area contributed by atoms with Crippen molar-refractivity contribution >= 4 is 16.7 Å². The molecule has 0 atom stereocenters. The minimum atomic E-state index is 0.245. The van der Waals surface area contributed by atoms with Crippen molar-refractivity contribution in [2.24, 2.45) is 0 Å². The van der Waals surface area contributed by atoms with E-state index in [-0.39, 0.29) is 5.78 Å². The van der Waals surface area contributed by atoms with Gasteiger partial charge in [0.05, 0.1) is 18.2 Å². The molecule has 1 aromatic carbocycles. The van der Waals surface area contributed by atoms with Crippen molar-refractivity contribution in [1.82, 2.24) is 4.57 Å². The number of hydrogen-bond donors (Lipinski definition) is 0. The second kappa shape index (κ2) is 4.84. The lowest BCUT2D eigenvalue weighted by Gasteiger charge is -2.03. The van der Waals surface area contributed by atoms with Crippen LogP contribution >= 0.6 is 0 Å². The van der Waals surface area contributed by atoms with E-state index in [4.69, 9.17) is 5.26 Å². The summed E-state index contributed by atoms with van der Waals surface area (Å²) in [5, 5.41) is 9.82. The van der Waals surface area contributed by atoms with Gasteiger partial charge in [-0.05, 0) is 30.7 Å². The van der Waals surface area contributed by atoms with Crippen LogP contribution in [0.4, 0.5) is 0 Å². The van der Waals surface area contributed by atoms with Crippen LogP contribution in [0.25, 0.3) is 10.9 Å². The van der Waals surface area contributed by atoms with Crippen LogP contribution in [-0.4, -0.2) is 10.4 Å². The molecule has 2 aromatic rings. The Balaban J connectivity index is 2.31. The molecule has 1 heterocycles. The highest BCUT2D eigenvalue weighted by molar-refractivity contribution is 5.85. The van der Waals surface area contributed by atoms with Crippen LogP contribution in [0.15, 0.2) is 30.5 Å². The normalized spacial score (nSPS) is 10.4. The second-order valence-electron chi connectivity index (χ2n) is 4.12. The molecule has 3 heteroatoms. The molecule has 0 aliphatic heterocycles. The smallest absolute Gasteiger partial charge is 0.152 e. The van der Waals surface area contributed by atoms with Crippen molar-refractivity contribution in [2.75, 3.05) is 0 Å². The Morgan fingerprint density at radius 2 is 2.24 bits per heavy atom. The highest BCUT2D eigenvalue weighted by atomic mass is 16.1. The number of benzene rings is 1. The van der Waals surface area contributed by atoms with Gasteiger partial charge in [0.2, 0.25) is 0 Å². The molecule has 1 aromatic heterocycles. The van der Waals surface area contributed by atoms with Crippen LogP contribution in [0.5, 0.6) is 0 Å². The molecule has 0 aliphatic rings. The Labute approximate surface area is 100 Å². The summed E-state index contributed by atoms with van der Waals surface area (Å²) in [6.07, 6.45) is 3.41. The van der Waals surface area contributed by atoms with Crippen molar-refractivity contribution in [3.05, 3.63) is 36.0 Å². The number of nitriles is 1. The SMILES string of the molecule is CCCC(=O)Cn1ccc2cc(C#N)ccc21. The standard InChI is InChI=1S/C14H14N2O/c1-2-3-13(17)10-16-7-6-12-8-11(9-15)4-5-14(12)16/h4-8H,2-3,10H2,1H3. The summed E-state index contributed by atoms with van der Waals surface area (Å²) in [6, 6.07) is 9.57. The zero-order valence-corrected chi connectivity index (χ0v) is 9.81. The summed E-state index contributed by atoms with van der Waals surface area (Å²) in [4.78, 5) is 11.6. The molecular formula is C14H14N2O. The second-order valence-corrected chi connectivity index (χ2v) is 4.12. The van der Waals surface area contributed by atoms with Crippen molar-refractivity contribution in [1.29, 1.82) is 5.26 Å². The Hall–Kier alpha value is -2.08. The van der Waals surface area contributed by atoms with Gasteiger partial charge in [-0.1, -0.05) is 6.92 Å². The maximum Gasteiger partial charge on any atom is 0.152 e. The minimum Gasteiger partial charge on any atom is -0.340 e. The third kappa shape index (κ3) is 2.36. The molecule has 0 aliphatic carbocycles. The number of nitrogens with zero attached hydrogens (tertiary/aromatic N) is 2. The summed E-state index contributed by atoms with van der Waals surface area (Å²) in [5.74, 6) is 0.245. The number of carbonyl (C=O) groups is 1. The Bertz CT molecular complexity index is 590. The molecule has 2 rings (SSSR count). The van der Waals surface area contributed by atoms with E-state index in [1.807, 2.05) is 35.9 Å². The summed E-state index contributed by atoms with van der Waals surface area (Å²) < 4.78 is 1.94. The molecule has 86 valence electrons. The van der Waals surface area contributed by atoms with E-state index in [0.717, 1.165) is 17.3 Å². The van der Waals surface area contributed by atoms with Crippen LogP contribution < -0.4 is 0 Å². The lowest BCUT2D eigenvalue weighted by Crippen LogP contribution is -2.08. The molecule has 0 unspecified atom stereocenters. The first-order valence-corrected chi connectivity index (χ1v) is 5.75. The molecule has 0 amide bonds. The van der Waals surface area contributed by atoms with E-state index in [0.29, 0.717) is 18.5 Å². The van der Waals surface area contributed by atoms with Crippen LogP contribution in [-0.2, 0) is 11.3 Å². The first kappa shape index (κ1) is 11.4. The van der Waals surface area contributed by atoms with E-state index in [9.17, 15) is 4.79 Å². The van der Waals surface area contributed by atoms with Gasteiger partial charge in [-0.3, -0.25) is 4.79 Å². The van der Waals surface area contributed by atoms with E-state index < -0.39 is 0 Å². The fourth-order valence-corrected chi connectivity index (χ4v) is 1.96. The van der Waals surface area contributed by atoms with Crippen molar-refractivity contribution in [3.8, 4) is 6.07 Å². The third-order valence-electron chi connectivity index (χ3n) is 2.78. The fourth-order valence-electron chi connectivity index (χ4n) is 1.96. The molecule has 3 nitrogen and oxygen atoms in total. The van der Waals surface area contributed by atoms with Gasteiger partial charge in [-0.2, -0.15) is 5.26 Å². The molecule has 17 heavy (non-hydrogen) atoms. The molecular weight excluding hydrogens is 212 g/mol. The number of Topliss-reactive ketones (excluding diaryl/α,β-unsaturated/α-hetero) is 1. The molecule has 0 saturated heterocycles. The number of rotatable bonds is 4. The molecule has 0 N–H and O–H groups in total. The average Bonchev–Trinajstić information content (AvgIpc) is 2.72. The number of aromatic nitrogens is 1. The van der Waals surface area contributed by atoms with Crippen LogP contribution in [0.3, 0.4) is 0 Å². The Kier molecular flexibility index (Phi) is 3.24. The van der Waals surface area contributed by atoms with Gasteiger partial charge in [-0.25, -0.2) is 0 Å². The van der Waals surface area contributed by atoms with Gasteiger partial charge in [0.1, 0.15) is 0 Å². The number of fused-ring (bicyclic) bond motifs is 1. The Morgan fingerprint density at radius 1 is 1.41 bits per heavy atom. The number of carbonyl (C=O) groups excluding carboxylic acids is 1. The lowest BCUT2D eigenvalue weighted by atomic mass is 10.2. The van der Waals surface area contributed by atoms with Crippen molar-refractivity contribution in [3.63, 3.8) is 0 Å². The lowest BCUT2D eigenvalue weighted by molar-refractivity contribution is -0.119. The van der Waals surface area contributed by atoms with E-state index >= 15 is 0 Å². The van der Waals surface area contributed by atoms with Gasteiger partial charge in [0.25, 0.3) is 0 Å². The van der Waals surface area contributed by atoms with E-state index in [1.54, 1.807) is 6.07 Å². The summed E-state index contributed by atoms with van der Waals surface area (Å²) in [7, 11) is 0. The maximum absolute atomic E-state index is 11.6. The fraction of sp³-hybridized carbons (Fsp3) is 0.286. The highest BCUT2D eigenvalue weighted by Crippen LogP contribution is 2.17. The average molecular weight is 226 g/mol. The largest absolute Gasteiger partial charge is 0.340 e. The van der Waals surface area contributed by atoms with Gasteiger partial charge in [0.15, 0.2) is 5.78 Å². The quantitative estimate of drug-likeness (QED) is 0.804. The zero-order valence-electron chi connectivity index (χ0n) is 9.81. The first-order valence-electron chi connectivity index (χ1n) is 5.75. The summed E-state index contributed by atoms with van der Waals surface area (Å²) in [6.45, 7) is 2.42. The van der Waals surface area contributed by atoms with Crippen LogP contribution in [0, 0.1) is 11.3 Å². The number of hydrogen-bond acceptors (Lipinski definition) is 2. The summed E-state index contributed by atoms with van der Waals surface area (Å²) >= 11 is 0. The molecule has 0 spiro atoms. The van der Waals surface area contributed by atoms with Gasteiger partial charge >= 0.3 is 0 Å².